The minimum Gasteiger partial charge on any atom is -0.497 e. The number of thioether (sulfide) groups is 1. The van der Waals surface area contributed by atoms with Crippen LogP contribution in [0, 0.1) is 13.8 Å². The summed E-state index contributed by atoms with van der Waals surface area (Å²) in [5, 5.41) is 2.95. The Morgan fingerprint density at radius 3 is 2.47 bits per heavy atom. The first kappa shape index (κ1) is 23.7. The highest BCUT2D eigenvalue weighted by Gasteiger charge is 2.38. The van der Waals surface area contributed by atoms with Gasteiger partial charge in [0.25, 0.3) is 0 Å². The second-order valence-electron chi connectivity index (χ2n) is 7.66. The number of hydrogen-bond acceptors (Lipinski definition) is 6. The number of methoxy groups -OCH3 is 2. The molecule has 0 radical (unpaired) electrons. The monoisotopic (exact) mass is 455 g/mol. The summed E-state index contributed by atoms with van der Waals surface area (Å²) in [7, 11) is 3.09. The first-order chi connectivity index (χ1) is 15.3. The number of amidine groups is 1. The molecule has 0 bridgehead atoms. The van der Waals surface area contributed by atoms with Crippen LogP contribution in [0.25, 0.3) is 0 Å². The number of nitrogens with zero attached hydrogens (tertiary/aromatic N) is 2. The fourth-order valence-corrected chi connectivity index (χ4v) is 4.75. The van der Waals surface area contributed by atoms with Crippen molar-refractivity contribution < 1.29 is 19.1 Å². The van der Waals surface area contributed by atoms with E-state index in [4.69, 9.17) is 14.5 Å². The van der Waals surface area contributed by atoms with Crippen LogP contribution in [0.15, 0.2) is 41.4 Å². The quantitative estimate of drug-likeness (QED) is 0.625. The standard InChI is InChI=1S/C24H29N3O4S/c1-6-9-27-23(29)21(32-24(27)25-17-11-15(2)10-16(3)12-17)14-22(28)26-19-13-18(30-4)7-8-20(19)31-5/h7-8,10-13,21H,6,9,14H2,1-5H3,(H,26,28). The molecule has 1 saturated heterocycles. The minimum absolute atomic E-state index is 0.0376. The molecule has 1 N–H and O–H groups in total. The predicted octanol–water partition coefficient (Wildman–Crippen LogP) is 4.69. The highest BCUT2D eigenvalue weighted by Crippen LogP contribution is 2.33. The number of ether oxygens (including phenoxy) is 2. The summed E-state index contributed by atoms with van der Waals surface area (Å²) in [6, 6.07) is 11.2. The maximum atomic E-state index is 13.0. The van der Waals surface area contributed by atoms with E-state index in [0.29, 0.717) is 28.9 Å². The van der Waals surface area contributed by atoms with Crippen LogP contribution in [-0.2, 0) is 9.59 Å². The van der Waals surface area contributed by atoms with Crippen molar-refractivity contribution in [1.82, 2.24) is 4.90 Å². The molecule has 1 fully saturated rings. The van der Waals surface area contributed by atoms with Crippen molar-refractivity contribution in [3.05, 3.63) is 47.5 Å². The SMILES string of the molecule is CCCN1C(=O)C(CC(=O)Nc2cc(OC)ccc2OC)SC1=Nc1cc(C)cc(C)c1. The normalized spacial score (nSPS) is 17.0. The van der Waals surface area contributed by atoms with Crippen molar-refractivity contribution in [3.63, 3.8) is 0 Å². The number of hydrogen-bond donors (Lipinski definition) is 1. The molecule has 32 heavy (non-hydrogen) atoms. The molecule has 0 spiro atoms. The van der Waals surface area contributed by atoms with Crippen LogP contribution in [0.3, 0.4) is 0 Å². The number of carbonyl (C=O) groups excluding carboxylic acids is 2. The van der Waals surface area contributed by atoms with Crippen LogP contribution in [0.1, 0.15) is 30.9 Å². The molecule has 170 valence electrons. The average molecular weight is 456 g/mol. The lowest BCUT2D eigenvalue weighted by Crippen LogP contribution is -2.34. The lowest BCUT2D eigenvalue weighted by Gasteiger charge is -2.15. The number of aryl methyl sites for hydroxylation is 2. The number of aliphatic imine (C=N–C) groups is 1. The molecular formula is C24H29N3O4S. The van der Waals surface area contributed by atoms with Crippen molar-refractivity contribution >= 4 is 40.1 Å². The lowest BCUT2D eigenvalue weighted by atomic mass is 10.1. The van der Waals surface area contributed by atoms with Gasteiger partial charge in [-0.2, -0.15) is 0 Å². The zero-order chi connectivity index (χ0) is 23.3. The van der Waals surface area contributed by atoms with E-state index in [2.05, 4.69) is 11.4 Å². The van der Waals surface area contributed by atoms with Gasteiger partial charge in [0.2, 0.25) is 11.8 Å². The third kappa shape index (κ3) is 5.62. The largest absolute Gasteiger partial charge is 0.497 e. The first-order valence-electron chi connectivity index (χ1n) is 10.5. The van der Waals surface area contributed by atoms with Crippen LogP contribution < -0.4 is 14.8 Å². The van der Waals surface area contributed by atoms with E-state index in [1.807, 2.05) is 32.9 Å². The van der Waals surface area contributed by atoms with E-state index in [-0.39, 0.29) is 18.2 Å². The van der Waals surface area contributed by atoms with Gasteiger partial charge in [0.15, 0.2) is 5.17 Å². The Morgan fingerprint density at radius 2 is 1.84 bits per heavy atom. The van der Waals surface area contributed by atoms with E-state index in [1.54, 1.807) is 30.2 Å². The molecule has 7 nitrogen and oxygen atoms in total. The Labute approximate surface area is 193 Å². The molecule has 3 rings (SSSR count). The highest BCUT2D eigenvalue weighted by atomic mass is 32.2. The Kier molecular flexibility index (Phi) is 7.80. The van der Waals surface area contributed by atoms with Gasteiger partial charge in [-0.25, -0.2) is 4.99 Å². The fraction of sp³-hybridized carbons (Fsp3) is 0.375. The van der Waals surface area contributed by atoms with Crippen molar-refractivity contribution in [1.29, 1.82) is 0 Å². The van der Waals surface area contributed by atoms with Gasteiger partial charge in [0, 0.05) is 19.0 Å². The molecule has 1 aliphatic heterocycles. The summed E-state index contributed by atoms with van der Waals surface area (Å²) in [6.45, 7) is 6.62. The molecule has 1 unspecified atom stereocenters. The first-order valence-corrected chi connectivity index (χ1v) is 11.4. The topological polar surface area (TPSA) is 80.2 Å². The summed E-state index contributed by atoms with van der Waals surface area (Å²) in [5.41, 5.74) is 3.54. The zero-order valence-electron chi connectivity index (χ0n) is 19.1. The van der Waals surface area contributed by atoms with E-state index in [0.717, 1.165) is 23.2 Å². The molecule has 2 aromatic rings. The molecule has 1 atom stereocenters. The van der Waals surface area contributed by atoms with Crippen molar-refractivity contribution in [2.75, 3.05) is 26.1 Å². The van der Waals surface area contributed by atoms with E-state index < -0.39 is 5.25 Å². The third-order valence-corrected chi connectivity index (χ3v) is 6.13. The maximum Gasteiger partial charge on any atom is 0.242 e. The number of carbonyl (C=O) groups is 2. The van der Waals surface area contributed by atoms with Gasteiger partial charge in [0.1, 0.15) is 16.7 Å². The van der Waals surface area contributed by atoms with Crippen LogP contribution >= 0.6 is 11.8 Å². The number of nitrogens with one attached hydrogen (secondary N) is 1. The average Bonchev–Trinajstić information content (AvgIpc) is 3.01. The minimum atomic E-state index is -0.525. The molecule has 1 heterocycles. The number of rotatable bonds is 8. The Morgan fingerprint density at radius 1 is 1.12 bits per heavy atom. The molecule has 0 aliphatic carbocycles. The maximum absolute atomic E-state index is 13.0. The molecule has 0 aromatic heterocycles. The van der Waals surface area contributed by atoms with Crippen molar-refractivity contribution in [2.24, 2.45) is 4.99 Å². The van der Waals surface area contributed by atoms with Crippen LogP contribution in [0.2, 0.25) is 0 Å². The summed E-state index contributed by atoms with van der Waals surface area (Å²) in [4.78, 5) is 32.2. The Bertz CT molecular complexity index is 1020. The molecule has 2 aromatic carbocycles. The van der Waals surface area contributed by atoms with Crippen molar-refractivity contribution in [2.45, 2.75) is 38.9 Å². The molecule has 8 heteroatoms. The van der Waals surface area contributed by atoms with Crippen LogP contribution in [-0.4, -0.2) is 47.9 Å². The Balaban J connectivity index is 1.77. The van der Waals surface area contributed by atoms with Crippen LogP contribution in [0.5, 0.6) is 11.5 Å². The molecule has 2 amide bonds. The Hall–Kier alpha value is -3.00. The predicted molar refractivity (Wildman–Crippen MR) is 129 cm³/mol. The number of anilines is 1. The summed E-state index contributed by atoms with van der Waals surface area (Å²) < 4.78 is 10.5. The van der Waals surface area contributed by atoms with E-state index in [9.17, 15) is 9.59 Å². The van der Waals surface area contributed by atoms with E-state index in [1.165, 1.54) is 18.9 Å². The summed E-state index contributed by atoms with van der Waals surface area (Å²) in [5.74, 6) is 0.762. The van der Waals surface area contributed by atoms with Gasteiger partial charge in [-0.1, -0.05) is 24.8 Å². The second-order valence-corrected chi connectivity index (χ2v) is 8.83. The fourth-order valence-electron chi connectivity index (χ4n) is 3.56. The zero-order valence-corrected chi connectivity index (χ0v) is 19.9. The number of benzene rings is 2. The molecule has 0 saturated carbocycles. The third-order valence-electron chi connectivity index (χ3n) is 4.95. The van der Waals surface area contributed by atoms with Gasteiger partial charge in [-0.15, -0.1) is 0 Å². The second kappa shape index (κ2) is 10.5. The summed E-state index contributed by atoms with van der Waals surface area (Å²) >= 11 is 1.34. The van der Waals surface area contributed by atoms with Gasteiger partial charge in [-0.3, -0.25) is 14.5 Å². The van der Waals surface area contributed by atoms with Crippen LogP contribution in [0.4, 0.5) is 11.4 Å². The van der Waals surface area contributed by atoms with E-state index >= 15 is 0 Å². The van der Waals surface area contributed by atoms with Gasteiger partial charge in [0.05, 0.1) is 25.6 Å². The lowest BCUT2D eigenvalue weighted by molar-refractivity contribution is -0.128. The molecule has 1 aliphatic rings. The van der Waals surface area contributed by atoms with Gasteiger partial charge < -0.3 is 14.8 Å². The van der Waals surface area contributed by atoms with Gasteiger partial charge >= 0.3 is 0 Å². The highest BCUT2D eigenvalue weighted by molar-refractivity contribution is 8.15. The number of amides is 2. The molecular weight excluding hydrogens is 426 g/mol. The van der Waals surface area contributed by atoms with Gasteiger partial charge in [-0.05, 0) is 55.7 Å². The summed E-state index contributed by atoms with van der Waals surface area (Å²) in [6.07, 6.45) is 0.841. The van der Waals surface area contributed by atoms with Crippen molar-refractivity contribution in [3.8, 4) is 11.5 Å². The smallest absolute Gasteiger partial charge is 0.242 e.